The first kappa shape index (κ1) is 11.7. The molecule has 1 aromatic heterocycles. The van der Waals surface area contributed by atoms with Crippen molar-refractivity contribution in [3.8, 4) is 17.3 Å². The van der Waals surface area contributed by atoms with E-state index in [4.69, 9.17) is 5.26 Å². The van der Waals surface area contributed by atoms with Gasteiger partial charge in [-0.15, -0.1) is 0 Å². The molecule has 3 nitrogen and oxygen atoms in total. The van der Waals surface area contributed by atoms with E-state index < -0.39 is 0 Å². The van der Waals surface area contributed by atoms with E-state index in [1.165, 1.54) is 12.1 Å². The molecule has 0 N–H and O–H groups in total. The van der Waals surface area contributed by atoms with Gasteiger partial charge in [-0.05, 0) is 25.1 Å². The third-order valence-corrected chi connectivity index (χ3v) is 2.65. The van der Waals surface area contributed by atoms with Crippen molar-refractivity contribution in [3.05, 3.63) is 46.1 Å². The van der Waals surface area contributed by atoms with Gasteiger partial charge >= 0.3 is 0 Å². The van der Waals surface area contributed by atoms with Crippen LogP contribution in [0, 0.1) is 24.1 Å². The summed E-state index contributed by atoms with van der Waals surface area (Å²) in [6, 6.07) is 7.98. The minimum Gasteiger partial charge on any atom is -0.233 e. The summed E-state index contributed by atoms with van der Waals surface area (Å²) in [6.45, 7) is 1.67. The molecule has 0 aliphatic heterocycles. The molecule has 0 unspecified atom stereocenters. The Morgan fingerprint density at radius 3 is 2.76 bits per heavy atom. The van der Waals surface area contributed by atoms with Crippen LogP contribution >= 0.6 is 15.9 Å². The van der Waals surface area contributed by atoms with Gasteiger partial charge in [0.1, 0.15) is 23.4 Å². The lowest BCUT2D eigenvalue weighted by Gasteiger charge is -2.04. The number of rotatable bonds is 1. The smallest absolute Gasteiger partial charge is 0.144 e. The highest BCUT2D eigenvalue weighted by Crippen LogP contribution is 2.25. The van der Waals surface area contributed by atoms with E-state index in [0.717, 1.165) is 4.47 Å². The lowest BCUT2D eigenvalue weighted by Crippen LogP contribution is -1.96. The first-order valence-corrected chi connectivity index (χ1v) is 5.60. The Kier molecular flexibility index (Phi) is 3.16. The van der Waals surface area contributed by atoms with E-state index in [1.54, 1.807) is 19.1 Å². The maximum atomic E-state index is 13.7. The predicted molar refractivity (Wildman–Crippen MR) is 64.6 cm³/mol. The minimum absolute atomic E-state index is 0.229. The normalized spacial score (nSPS) is 10.0. The number of nitrogens with zero attached hydrogens (tertiary/aromatic N) is 3. The van der Waals surface area contributed by atoms with Crippen LogP contribution in [0.2, 0.25) is 0 Å². The van der Waals surface area contributed by atoms with E-state index in [9.17, 15) is 4.39 Å². The molecule has 0 bridgehead atoms. The van der Waals surface area contributed by atoms with Crippen molar-refractivity contribution in [3.63, 3.8) is 0 Å². The van der Waals surface area contributed by atoms with Gasteiger partial charge in [-0.3, -0.25) is 0 Å². The molecule has 0 atom stereocenters. The van der Waals surface area contributed by atoms with Gasteiger partial charge in [0.15, 0.2) is 0 Å². The SMILES string of the molecule is Cc1nc(C#N)cc(-c2cc(Br)ccc2F)n1. The van der Waals surface area contributed by atoms with E-state index in [1.807, 2.05) is 6.07 Å². The van der Waals surface area contributed by atoms with Gasteiger partial charge in [-0.25, -0.2) is 14.4 Å². The van der Waals surface area contributed by atoms with Crippen LogP contribution in [0.3, 0.4) is 0 Å². The Morgan fingerprint density at radius 2 is 2.06 bits per heavy atom. The van der Waals surface area contributed by atoms with Crippen molar-refractivity contribution in [2.75, 3.05) is 0 Å². The summed E-state index contributed by atoms with van der Waals surface area (Å²) >= 11 is 3.27. The molecule has 1 aromatic carbocycles. The lowest BCUT2D eigenvalue weighted by atomic mass is 10.1. The van der Waals surface area contributed by atoms with Crippen LogP contribution in [0.15, 0.2) is 28.7 Å². The molecule has 2 aromatic rings. The third-order valence-electron chi connectivity index (χ3n) is 2.16. The Hall–Kier alpha value is -1.80. The molecule has 0 spiro atoms. The van der Waals surface area contributed by atoms with Crippen LogP contribution in [0.4, 0.5) is 4.39 Å². The highest BCUT2D eigenvalue weighted by molar-refractivity contribution is 9.10. The van der Waals surface area contributed by atoms with Crippen LogP contribution in [-0.2, 0) is 0 Å². The molecule has 0 radical (unpaired) electrons. The Morgan fingerprint density at radius 1 is 1.29 bits per heavy atom. The number of hydrogen-bond acceptors (Lipinski definition) is 3. The summed E-state index contributed by atoms with van der Waals surface area (Å²) in [4.78, 5) is 8.05. The molecule has 2 rings (SSSR count). The fraction of sp³-hybridized carbons (Fsp3) is 0.0833. The zero-order valence-corrected chi connectivity index (χ0v) is 10.5. The first-order chi connectivity index (χ1) is 8.10. The van der Waals surface area contributed by atoms with Crippen LogP contribution < -0.4 is 0 Å². The summed E-state index contributed by atoms with van der Waals surface area (Å²) in [7, 11) is 0. The van der Waals surface area contributed by atoms with Gasteiger partial charge in [-0.2, -0.15) is 5.26 Å². The van der Waals surface area contributed by atoms with Crippen molar-refractivity contribution in [1.82, 2.24) is 9.97 Å². The number of nitriles is 1. The second-order valence-corrected chi connectivity index (χ2v) is 4.34. The van der Waals surface area contributed by atoms with Crippen LogP contribution in [0.1, 0.15) is 11.5 Å². The molecule has 0 aliphatic rings. The summed E-state index contributed by atoms with van der Waals surface area (Å²) in [5, 5.41) is 8.81. The summed E-state index contributed by atoms with van der Waals surface area (Å²) < 4.78 is 14.4. The molecule has 17 heavy (non-hydrogen) atoms. The largest absolute Gasteiger partial charge is 0.233 e. The van der Waals surface area contributed by atoms with E-state index in [-0.39, 0.29) is 11.5 Å². The van der Waals surface area contributed by atoms with Crippen molar-refractivity contribution in [1.29, 1.82) is 5.26 Å². The summed E-state index contributed by atoms with van der Waals surface area (Å²) in [6.07, 6.45) is 0. The average Bonchev–Trinajstić information content (AvgIpc) is 2.31. The minimum atomic E-state index is -0.379. The van der Waals surface area contributed by atoms with Gasteiger partial charge in [0.2, 0.25) is 0 Å². The topological polar surface area (TPSA) is 49.6 Å². The fourth-order valence-electron chi connectivity index (χ4n) is 1.46. The number of halogens is 2. The van der Waals surface area contributed by atoms with E-state index >= 15 is 0 Å². The lowest BCUT2D eigenvalue weighted by molar-refractivity contribution is 0.630. The Bertz CT molecular complexity index is 620. The maximum absolute atomic E-state index is 13.7. The molecule has 0 aliphatic carbocycles. The molecular weight excluding hydrogens is 285 g/mol. The van der Waals surface area contributed by atoms with Crippen molar-refractivity contribution >= 4 is 15.9 Å². The quantitative estimate of drug-likeness (QED) is 0.810. The molecular formula is C12H7BrFN3. The number of benzene rings is 1. The third kappa shape index (κ3) is 2.48. The highest BCUT2D eigenvalue weighted by Gasteiger charge is 2.09. The van der Waals surface area contributed by atoms with Gasteiger partial charge in [0, 0.05) is 16.1 Å². The number of hydrogen-bond donors (Lipinski definition) is 0. The molecule has 0 saturated carbocycles. The van der Waals surface area contributed by atoms with Crippen molar-refractivity contribution < 1.29 is 4.39 Å². The second kappa shape index (κ2) is 4.60. The van der Waals surface area contributed by atoms with E-state index in [0.29, 0.717) is 17.1 Å². The highest BCUT2D eigenvalue weighted by atomic mass is 79.9. The summed E-state index contributed by atoms with van der Waals surface area (Å²) in [5.74, 6) is 0.0635. The van der Waals surface area contributed by atoms with Crippen molar-refractivity contribution in [2.24, 2.45) is 0 Å². The molecule has 5 heteroatoms. The predicted octanol–water partition coefficient (Wildman–Crippen LogP) is 3.23. The van der Waals surface area contributed by atoms with Crippen LogP contribution in [0.25, 0.3) is 11.3 Å². The summed E-state index contributed by atoms with van der Waals surface area (Å²) in [5.41, 5.74) is 0.987. The molecule has 0 fully saturated rings. The zero-order chi connectivity index (χ0) is 12.4. The number of aryl methyl sites for hydroxylation is 1. The van der Waals surface area contributed by atoms with Gasteiger partial charge in [-0.1, -0.05) is 15.9 Å². The first-order valence-electron chi connectivity index (χ1n) is 4.81. The van der Waals surface area contributed by atoms with Crippen LogP contribution in [0.5, 0.6) is 0 Å². The molecule has 0 saturated heterocycles. The second-order valence-electron chi connectivity index (χ2n) is 3.42. The van der Waals surface area contributed by atoms with Gasteiger partial charge in [0.25, 0.3) is 0 Å². The van der Waals surface area contributed by atoms with Gasteiger partial charge < -0.3 is 0 Å². The zero-order valence-electron chi connectivity index (χ0n) is 8.91. The standard InChI is InChI=1S/C12H7BrFN3/c1-7-16-9(6-15)5-12(17-7)10-4-8(13)2-3-11(10)14/h2-5H,1H3. The average molecular weight is 292 g/mol. The fourth-order valence-corrected chi connectivity index (χ4v) is 1.82. The molecule has 84 valence electrons. The molecule has 1 heterocycles. The maximum Gasteiger partial charge on any atom is 0.144 e. The number of aromatic nitrogens is 2. The monoisotopic (exact) mass is 291 g/mol. The van der Waals surface area contributed by atoms with Crippen molar-refractivity contribution in [2.45, 2.75) is 6.92 Å². The Balaban J connectivity index is 2.64. The Labute approximate surface area is 106 Å². The van der Waals surface area contributed by atoms with Gasteiger partial charge in [0.05, 0.1) is 5.69 Å². The molecule has 0 amide bonds. The van der Waals surface area contributed by atoms with E-state index in [2.05, 4.69) is 25.9 Å². The van der Waals surface area contributed by atoms with Crippen LogP contribution in [-0.4, -0.2) is 9.97 Å².